The maximum absolute atomic E-state index is 13.2. The molecule has 1 aliphatic heterocycles. The van der Waals surface area contributed by atoms with E-state index in [0.29, 0.717) is 37.3 Å². The van der Waals surface area contributed by atoms with E-state index < -0.39 is 0 Å². The molecule has 0 atom stereocenters. The first-order chi connectivity index (χ1) is 16.9. The van der Waals surface area contributed by atoms with Gasteiger partial charge in [-0.05, 0) is 62.5 Å². The molecule has 1 aromatic carbocycles. The number of hydrogen-bond donors (Lipinski definition) is 2. The highest BCUT2D eigenvalue weighted by Gasteiger charge is 2.16. The number of likely N-dealkylation sites (N-methyl/N-ethyl adjacent to an activating group) is 1. The molecule has 0 unspecified atom stereocenters. The highest BCUT2D eigenvalue weighted by atomic mass is 16.7. The van der Waals surface area contributed by atoms with Crippen LogP contribution >= 0.6 is 0 Å². The molecule has 2 rings (SSSR count). The van der Waals surface area contributed by atoms with Crippen LogP contribution in [0.4, 0.5) is 0 Å². The van der Waals surface area contributed by atoms with Gasteiger partial charge in [-0.15, -0.1) is 0 Å². The summed E-state index contributed by atoms with van der Waals surface area (Å²) in [5, 5.41) is 5.61. The highest BCUT2D eigenvalue weighted by molar-refractivity contribution is 6.00. The third-order valence-corrected chi connectivity index (χ3v) is 6.00. The summed E-state index contributed by atoms with van der Waals surface area (Å²) in [5.74, 6) is 0.357. The van der Waals surface area contributed by atoms with Crippen LogP contribution in [0.1, 0.15) is 52.0 Å². The van der Waals surface area contributed by atoms with Crippen LogP contribution in [0.3, 0.4) is 0 Å². The van der Waals surface area contributed by atoms with E-state index in [4.69, 9.17) is 14.2 Å². The first-order valence-corrected chi connectivity index (χ1v) is 12.3. The molecule has 1 heterocycles. The number of carbonyl (C=O) groups is 2. The number of nitrogens with one attached hydrogen (secondary N) is 2. The van der Waals surface area contributed by atoms with E-state index in [-0.39, 0.29) is 18.1 Å². The van der Waals surface area contributed by atoms with Gasteiger partial charge in [0.1, 0.15) is 5.75 Å². The van der Waals surface area contributed by atoms with Gasteiger partial charge >= 0.3 is 0 Å². The van der Waals surface area contributed by atoms with E-state index in [1.807, 2.05) is 30.3 Å². The summed E-state index contributed by atoms with van der Waals surface area (Å²) in [4.78, 5) is 25.4. The first-order valence-electron chi connectivity index (χ1n) is 12.3. The molecule has 0 spiro atoms. The highest BCUT2D eigenvalue weighted by Crippen LogP contribution is 2.25. The molecule has 2 N–H and O–H groups in total. The van der Waals surface area contributed by atoms with Crippen LogP contribution in [0.2, 0.25) is 0 Å². The van der Waals surface area contributed by atoms with Gasteiger partial charge in [-0.3, -0.25) is 9.59 Å². The number of amides is 2. The average Bonchev–Trinajstić information content (AvgIpc) is 2.89. The third-order valence-electron chi connectivity index (χ3n) is 6.00. The molecule has 0 saturated carbocycles. The molecular formula is C28H40N2O5. The predicted octanol–water partition coefficient (Wildman–Crippen LogP) is 4.24. The largest absolute Gasteiger partial charge is 0.496 e. The number of methoxy groups -OCH3 is 1. The van der Waals surface area contributed by atoms with Crippen molar-refractivity contribution in [1.29, 1.82) is 0 Å². The van der Waals surface area contributed by atoms with E-state index in [0.717, 1.165) is 42.6 Å². The Kier molecular flexibility index (Phi) is 12.3. The van der Waals surface area contributed by atoms with Gasteiger partial charge in [-0.25, -0.2) is 0 Å². The summed E-state index contributed by atoms with van der Waals surface area (Å²) in [6.45, 7) is 7.78. The monoisotopic (exact) mass is 484 g/mol. The van der Waals surface area contributed by atoms with Gasteiger partial charge < -0.3 is 24.8 Å². The standard InChI is InChI=1S/C28H40N2O5/c1-6-20(2)23(18-22-11-7-8-12-25(22)33-5)19-24(17-21(3)27(31)29-4)28(32)30-14-9-13-26-34-15-10-16-35-26/h7-8,11-12,17,19,26H,6,9-10,13-16,18H2,1-5H3,(H,29,31)(H,30,32)/b21-17+,23-20+,24-19+. The number of hydrogen-bond acceptors (Lipinski definition) is 5. The lowest BCUT2D eigenvalue weighted by Gasteiger charge is -2.23. The summed E-state index contributed by atoms with van der Waals surface area (Å²) in [6, 6.07) is 7.87. The Morgan fingerprint density at radius 2 is 1.83 bits per heavy atom. The normalized spacial score (nSPS) is 15.9. The van der Waals surface area contributed by atoms with Crippen LogP contribution in [0.25, 0.3) is 0 Å². The fraction of sp³-hybridized carbons (Fsp3) is 0.500. The number of para-hydroxylation sites is 1. The average molecular weight is 485 g/mol. The van der Waals surface area contributed by atoms with Gasteiger partial charge in [0, 0.05) is 37.6 Å². The molecule has 1 saturated heterocycles. The lowest BCUT2D eigenvalue weighted by molar-refractivity contribution is -0.181. The van der Waals surface area contributed by atoms with Crippen molar-refractivity contribution in [1.82, 2.24) is 10.6 Å². The second-order valence-corrected chi connectivity index (χ2v) is 8.58. The molecular weight excluding hydrogens is 444 g/mol. The second kappa shape index (κ2) is 15.2. The van der Waals surface area contributed by atoms with E-state index in [2.05, 4.69) is 24.5 Å². The minimum absolute atomic E-state index is 0.200. The number of carbonyl (C=O) groups excluding carboxylic acids is 2. The molecule has 2 amide bonds. The van der Waals surface area contributed by atoms with E-state index in [1.54, 1.807) is 27.2 Å². The van der Waals surface area contributed by atoms with Crippen LogP contribution in [0.15, 0.2) is 58.7 Å². The van der Waals surface area contributed by atoms with Crippen LogP contribution in [-0.4, -0.2) is 52.0 Å². The molecule has 0 aliphatic carbocycles. The lowest BCUT2D eigenvalue weighted by atomic mass is 9.95. The van der Waals surface area contributed by atoms with E-state index >= 15 is 0 Å². The summed E-state index contributed by atoms with van der Waals surface area (Å²) in [5.41, 5.74) is 4.12. The molecule has 7 heteroatoms. The van der Waals surface area contributed by atoms with Crippen LogP contribution in [-0.2, 0) is 25.5 Å². The fourth-order valence-electron chi connectivity index (χ4n) is 3.74. The maximum atomic E-state index is 13.2. The first kappa shape index (κ1) is 28.3. The Hall–Kier alpha value is -2.90. The quantitative estimate of drug-likeness (QED) is 0.263. The Morgan fingerprint density at radius 3 is 2.49 bits per heavy atom. The van der Waals surface area contributed by atoms with Crippen molar-refractivity contribution in [3.05, 3.63) is 64.3 Å². The Labute approximate surface area is 209 Å². The predicted molar refractivity (Wildman–Crippen MR) is 138 cm³/mol. The van der Waals surface area contributed by atoms with Crippen molar-refractivity contribution in [2.75, 3.05) is 33.9 Å². The Balaban J connectivity index is 2.25. The van der Waals surface area contributed by atoms with Gasteiger partial charge in [0.25, 0.3) is 5.91 Å². The molecule has 1 aliphatic rings. The zero-order valence-corrected chi connectivity index (χ0v) is 21.7. The number of rotatable bonds is 12. The topological polar surface area (TPSA) is 85.9 Å². The molecule has 192 valence electrons. The Morgan fingerprint density at radius 1 is 1.11 bits per heavy atom. The SMILES string of the molecule is CC/C(C)=C(/C=C(\C=C(/C)C(=O)NC)C(=O)NCCCC1OCCCO1)Cc1ccccc1OC. The minimum atomic E-state index is -0.224. The molecule has 0 aromatic heterocycles. The number of allylic oxidation sites excluding steroid dienone is 3. The van der Waals surface area contributed by atoms with Crippen molar-refractivity contribution in [2.24, 2.45) is 0 Å². The van der Waals surface area contributed by atoms with Gasteiger partial charge in [0.15, 0.2) is 6.29 Å². The summed E-state index contributed by atoms with van der Waals surface area (Å²) in [6.07, 6.45) is 7.17. The second-order valence-electron chi connectivity index (χ2n) is 8.58. The van der Waals surface area contributed by atoms with E-state index in [1.165, 1.54) is 5.57 Å². The molecule has 1 aromatic rings. The number of ether oxygens (including phenoxy) is 3. The zero-order chi connectivity index (χ0) is 25.6. The lowest BCUT2D eigenvalue weighted by Crippen LogP contribution is -2.29. The van der Waals surface area contributed by atoms with Crippen LogP contribution in [0.5, 0.6) is 5.75 Å². The van der Waals surface area contributed by atoms with Crippen molar-refractivity contribution < 1.29 is 23.8 Å². The Bertz CT molecular complexity index is 942. The van der Waals surface area contributed by atoms with Crippen molar-refractivity contribution >= 4 is 11.8 Å². The van der Waals surface area contributed by atoms with Gasteiger partial charge in [0.05, 0.1) is 20.3 Å². The van der Waals surface area contributed by atoms with Gasteiger partial charge in [0.2, 0.25) is 5.91 Å². The summed E-state index contributed by atoms with van der Waals surface area (Å²) in [7, 11) is 3.23. The maximum Gasteiger partial charge on any atom is 0.251 e. The van der Waals surface area contributed by atoms with Crippen molar-refractivity contribution in [2.45, 2.75) is 59.2 Å². The molecule has 7 nitrogen and oxygen atoms in total. The molecule has 0 radical (unpaired) electrons. The molecule has 35 heavy (non-hydrogen) atoms. The van der Waals surface area contributed by atoms with Crippen LogP contribution < -0.4 is 15.4 Å². The smallest absolute Gasteiger partial charge is 0.251 e. The fourth-order valence-corrected chi connectivity index (χ4v) is 3.74. The summed E-state index contributed by atoms with van der Waals surface area (Å²) >= 11 is 0. The van der Waals surface area contributed by atoms with Crippen molar-refractivity contribution in [3.8, 4) is 5.75 Å². The number of benzene rings is 1. The van der Waals surface area contributed by atoms with Crippen molar-refractivity contribution in [3.63, 3.8) is 0 Å². The van der Waals surface area contributed by atoms with E-state index in [9.17, 15) is 9.59 Å². The van der Waals surface area contributed by atoms with Gasteiger partial charge in [-0.2, -0.15) is 0 Å². The van der Waals surface area contributed by atoms with Crippen LogP contribution in [0, 0.1) is 0 Å². The molecule has 0 bridgehead atoms. The molecule has 1 fully saturated rings. The third kappa shape index (κ3) is 9.34. The minimum Gasteiger partial charge on any atom is -0.496 e. The zero-order valence-electron chi connectivity index (χ0n) is 21.7. The van der Waals surface area contributed by atoms with Gasteiger partial charge in [-0.1, -0.05) is 30.7 Å². The summed E-state index contributed by atoms with van der Waals surface area (Å²) < 4.78 is 16.7.